The maximum atomic E-state index is 12.6. The minimum atomic E-state index is -0.422. The van der Waals surface area contributed by atoms with Crippen LogP contribution in [0, 0.1) is 0 Å². The molecule has 17 heteroatoms. The number of hydrogen-bond acceptors (Lipinski definition) is 14. The number of aromatic nitrogens is 1. The van der Waals surface area contributed by atoms with E-state index in [0.717, 1.165) is 77.3 Å². The van der Waals surface area contributed by atoms with Crippen LogP contribution in [-0.4, -0.2) is 156 Å². The minimum absolute atomic E-state index is 0.0508. The van der Waals surface area contributed by atoms with Gasteiger partial charge in [-0.2, -0.15) is 5.10 Å². The van der Waals surface area contributed by atoms with Gasteiger partial charge in [0.15, 0.2) is 5.13 Å². The number of nitrogens with zero attached hydrogens (tertiary/aromatic N) is 6. The molecule has 0 bridgehead atoms. The van der Waals surface area contributed by atoms with E-state index in [2.05, 4.69) is 80.8 Å². The first-order chi connectivity index (χ1) is 29.3. The summed E-state index contributed by atoms with van der Waals surface area (Å²) >= 11 is 1.28. The predicted octanol–water partition coefficient (Wildman–Crippen LogP) is 5.05. The molecule has 0 aliphatic carbocycles. The Kier molecular flexibility index (Phi) is 23.0. The van der Waals surface area contributed by atoms with Crippen LogP contribution in [0.3, 0.4) is 0 Å². The molecule has 1 saturated heterocycles. The van der Waals surface area contributed by atoms with Crippen LogP contribution >= 0.6 is 11.3 Å². The number of unbranched alkanes of at least 4 members (excludes halogenated alkanes) is 1. The molecule has 0 saturated carbocycles. The highest BCUT2D eigenvalue weighted by Gasteiger charge is 2.20. The third-order valence-electron chi connectivity index (χ3n) is 9.50. The van der Waals surface area contributed by atoms with Gasteiger partial charge in [-0.3, -0.25) is 15.1 Å². The van der Waals surface area contributed by atoms with Gasteiger partial charge in [-0.1, -0.05) is 25.5 Å². The van der Waals surface area contributed by atoms with E-state index < -0.39 is 6.03 Å². The smallest absolute Gasteiger partial charge is 0.325 e. The first-order valence-electron chi connectivity index (χ1n) is 20.9. The molecule has 0 unspecified atom stereocenters. The van der Waals surface area contributed by atoms with E-state index in [-0.39, 0.29) is 12.3 Å². The molecule has 2 heterocycles. The molecule has 2 aromatic carbocycles. The van der Waals surface area contributed by atoms with Crippen molar-refractivity contribution in [3.63, 3.8) is 0 Å². The monoisotopic (exact) mass is 851 g/mol. The Labute approximate surface area is 359 Å². The summed E-state index contributed by atoms with van der Waals surface area (Å²) in [5.74, 6) is 7.17. The lowest BCUT2D eigenvalue weighted by atomic mass is 10.1. The molecule has 3 aromatic rings. The zero-order valence-corrected chi connectivity index (χ0v) is 36.5. The van der Waals surface area contributed by atoms with Gasteiger partial charge in [0.1, 0.15) is 18.1 Å². The van der Waals surface area contributed by atoms with E-state index in [4.69, 9.17) is 29.5 Å². The lowest BCUT2D eigenvalue weighted by Crippen LogP contribution is -2.47. The molecule has 1 aliphatic heterocycles. The van der Waals surface area contributed by atoms with Crippen molar-refractivity contribution < 1.29 is 33.3 Å². The van der Waals surface area contributed by atoms with Gasteiger partial charge >= 0.3 is 6.03 Å². The number of likely N-dealkylation sites (N-methyl/N-ethyl adjacent to an activating group) is 2. The number of hydrazone groups is 1. The Morgan fingerprint density at radius 3 is 2.27 bits per heavy atom. The fourth-order valence-corrected chi connectivity index (χ4v) is 6.68. The Bertz CT molecular complexity index is 1700. The summed E-state index contributed by atoms with van der Waals surface area (Å²) < 4.78 is 28.6. The molecule has 1 fully saturated rings. The SMILES string of the molecule is CCCc1ccc(OCCCCN(C)CCOCCOCC/C(C=NCCOCCOc2ccc(NC(=O)Nc3nc(CC(=O)N4CCN(C)CC4)cs3)cc2)=N/N)cc1. The number of hydrogen-bond donors (Lipinski definition) is 3. The van der Waals surface area contributed by atoms with Crippen molar-refractivity contribution in [2.24, 2.45) is 15.9 Å². The van der Waals surface area contributed by atoms with Crippen molar-refractivity contribution >= 4 is 46.0 Å². The molecule has 4 N–H and O–H groups in total. The number of benzene rings is 2. The van der Waals surface area contributed by atoms with E-state index in [1.54, 1.807) is 35.9 Å². The van der Waals surface area contributed by atoms with Gasteiger partial charge in [0.25, 0.3) is 0 Å². The Hall–Kier alpha value is -4.65. The van der Waals surface area contributed by atoms with Crippen molar-refractivity contribution in [2.45, 2.75) is 45.4 Å². The summed E-state index contributed by atoms with van der Waals surface area (Å²) in [6.07, 6.45) is 6.78. The van der Waals surface area contributed by atoms with E-state index in [0.29, 0.717) is 87.2 Å². The van der Waals surface area contributed by atoms with E-state index in [1.165, 1.54) is 16.9 Å². The molecule has 0 atom stereocenters. The van der Waals surface area contributed by atoms with Crippen LogP contribution in [0.5, 0.6) is 11.5 Å². The maximum absolute atomic E-state index is 12.6. The van der Waals surface area contributed by atoms with Crippen molar-refractivity contribution in [3.05, 3.63) is 65.2 Å². The Balaban J connectivity index is 0.930. The summed E-state index contributed by atoms with van der Waals surface area (Å²) in [5.41, 5.74) is 3.25. The molecular formula is C43H65N9O7S. The van der Waals surface area contributed by atoms with Gasteiger partial charge < -0.3 is 49.5 Å². The Morgan fingerprint density at radius 1 is 0.850 bits per heavy atom. The van der Waals surface area contributed by atoms with Crippen LogP contribution < -0.4 is 25.9 Å². The first-order valence-corrected chi connectivity index (χ1v) is 21.8. The van der Waals surface area contributed by atoms with Gasteiger partial charge in [-0.05, 0) is 81.9 Å². The molecule has 3 amide bonds. The zero-order chi connectivity index (χ0) is 42.6. The van der Waals surface area contributed by atoms with Crippen molar-refractivity contribution in [1.82, 2.24) is 19.7 Å². The quantitative estimate of drug-likeness (QED) is 0.0369. The van der Waals surface area contributed by atoms with Crippen LogP contribution in [-0.2, 0) is 31.8 Å². The number of rotatable bonds is 29. The molecule has 16 nitrogen and oxygen atoms in total. The third kappa shape index (κ3) is 20.1. The van der Waals surface area contributed by atoms with Crippen molar-refractivity contribution in [1.29, 1.82) is 0 Å². The van der Waals surface area contributed by atoms with Crippen LogP contribution in [0.1, 0.15) is 43.9 Å². The molecule has 1 aliphatic rings. The number of carbonyl (C=O) groups excluding carboxylic acids is 2. The summed E-state index contributed by atoms with van der Waals surface area (Å²) in [6, 6.07) is 15.0. The number of nitrogens with two attached hydrogens (primary N) is 1. The minimum Gasteiger partial charge on any atom is -0.494 e. The second kappa shape index (κ2) is 28.8. The number of aryl methyl sites for hydroxylation is 1. The number of aliphatic imine (C=N–C) groups is 1. The number of nitrogens with one attached hydrogen (secondary N) is 2. The number of piperazine rings is 1. The van der Waals surface area contributed by atoms with E-state index >= 15 is 0 Å². The highest BCUT2D eigenvalue weighted by Crippen LogP contribution is 2.19. The second-order valence-electron chi connectivity index (χ2n) is 14.5. The second-order valence-corrected chi connectivity index (χ2v) is 15.3. The van der Waals surface area contributed by atoms with Crippen LogP contribution in [0.4, 0.5) is 15.6 Å². The molecular weight excluding hydrogens is 787 g/mol. The lowest BCUT2D eigenvalue weighted by Gasteiger charge is -2.32. The van der Waals surface area contributed by atoms with Crippen LogP contribution in [0.2, 0.25) is 0 Å². The maximum Gasteiger partial charge on any atom is 0.325 e. The highest BCUT2D eigenvalue weighted by molar-refractivity contribution is 7.14. The van der Waals surface area contributed by atoms with Crippen LogP contribution in [0.15, 0.2) is 64.0 Å². The fourth-order valence-electron chi connectivity index (χ4n) is 5.98. The third-order valence-corrected chi connectivity index (χ3v) is 10.3. The van der Waals surface area contributed by atoms with Crippen molar-refractivity contribution in [3.8, 4) is 11.5 Å². The molecule has 1 aromatic heterocycles. The van der Waals surface area contributed by atoms with Gasteiger partial charge in [-0.15, -0.1) is 11.3 Å². The van der Waals surface area contributed by atoms with Gasteiger partial charge in [0, 0.05) is 56.4 Å². The van der Waals surface area contributed by atoms with Gasteiger partial charge in [0.05, 0.1) is 70.6 Å². The largest absolute Gasteiger partial charge is 0.494 e. The zero-order valence-electron chi connectivity index (χ0n) is 35.6. The first kappa shape index (κ1) is 48.0. The molecule has 0 spiro atoms. The van der Waals surface area contributed by atoms with Crippen LogP contribution in [0.25, 0.3) is 0 Å². The van der Waals surface area contributed by atoms with Gasteiger partial charge in [0.2, 0.25) is 5.91 Å². The number of ether oxygens (including phenoxy) is 5. The average Bonchev–Trinajstić information content (AvgIpc) is 3.69. The molecule has 4 rings (SSSR count). The predicted molar refractivity (Wildman–Crippen MR) is 239 cm³/mol. The van der Waals surface area contributed by atoms with E-state index in [9.17, 15) is 9.59 Å². The number of amides is 3. The fraction of sp³-hybridized carbons (Fsp3) is 0.558. The summed E-state index contributed by atoms with van der Waals surface area (Å²) in [4.78, 5) is 40.2. The topological polar surface area (TPSA) is 178 Å². The summed E-state index contributed by atoms with van der Waals surface area (Å²) in [6.45, 7) is 11.8. The molecule has 330 valence electrons. The number of urea groups is 1. The summed E-state index contributed by atoms with van der Waals surface area (Å²) in [7, 11) is 4.16. The number of anilines is 2. The molecule has 0 radical (unpaired) electrons. The Morgan fingerprint density at radius 2 is 1.53 bits per heavy atom. The number of thiazole rings is 1. The number of carbonyl (C=O) groups is 2. The van der Waals surface area contributed by atoms with Crippen molar-refractivity contribution in [2.75, 3.05) is 123 Å². The van der Waals surface area contributed by atoms with Gasteiger partial charge in [-0.25, -0.2) is 9.78 Å². The molecule has 60 heavy (non-hydrogen) atoms. The summed E-state index contributed by atoms with van der Waals surface area (Å²) in [5, 5.41) is 11.5. The highest BCUT2D eigenvalue weighted by atomic mass is 32.1. The normalized spacial score (nSPS) is 13.6. The average molecular weight is 852 g/mol. The lowest BCUT2D eigenvalue weighted by molar-refractivity contribution is -0.132. The standard InChI is InChI=1S/C43H65N9O7S/c1-4-7-35-8-12-39(13-9-35)58-24-6-5-18-50(2)23-27-57-29-28-55-25-16-37(49-44)33-45-17-26-56-30-31-59-40-14-10-36(11-15-40)46-42(54)48-43-47-38(34-60-43)32-41(53)52-21-19-51(3)20-22-52/h8-15,33-34H,4-7,16-32,44H2,1-3H3,(H2,46,47,48,54)/b45-33?,49-37-. The van der Waals surface area contributed by atoms with E-state index in [1.807, 2.05) is 4.90 Å².